The monoisotopic (exact) mass is 376 g/mol. The van der Waals surface area contributed by atoms with E-state index in [2.05, 4.69) is 20.6 Å². The molecule has 1 aromatic rings. The van der Waals surface area contributed by atoms with Crippen molar-refractivity contribution in [2.75, 3.05) is 38.6 Å². The Bertz CT molecular complexity index is 662. The maximum absolute atomic E-state index is 12.0. The van der Waals surface area contributed by atoms with Gasteiger partial charge in [-0.3, -0.25) is 0 Å². The van der Waals surface area contributed by atoms with Gasteiger partial charge in [-0.15, -0.1) is 0 Å². The summed E-state index contributed by atoms with van der Waals surface area (Å²) in [5.74, 6) is 1.65. The maximum atomic E-state index is 12.0. The second kappa shape index (κ2) is 8.92. The standard InChI is InChI=1S/C19H32N6O2/c1-7-20-17(22-11-14-8-9-21-16(10-14)24(5)6)23-15-12-25(13-15)18(26)27-19(2,3)4/h8-10,15H,7,11-13H2,1-6H3,(H2,20,22,23). The van der Waals surface area contributed by atoms with Gasteiger partial charge in [0.2, 0.25) is 0 Å². The van der Waals surface area contributed by atoms with E-state index >= 15 is 0 Å². The molecule has 0 bridgehead atoms. The minimum absolute atomic E-state index is 0.171. The van der Waals surface area contributed by atoms with Crippen LogP contribution in [0.1, 0.15) is 33.3 Å². The topological polar surface area (TPSA) is 82.1 Å². The zero-order chi connectivity index (χ0) is 20.0. The molecule has 0 aliphatic carbocycles. The van der Waals surface area contributed by atoms with Crippen LogP contribution in [0, 0.1) is 0 Å². The third-order valence-electron chi connectivity index (χ3n) is 3.91. The van der Waals surface area contributed by atoms with E-state index < -0.39 is 5.60 Å². The number of carbonyl (C=O) groups excluding carboxylic acids is 1. The van der Waals surface area contributed by atoms with Gasteiger partial charge in [0.1, 0.15) is 11.4 Å². The van der Waals surface area contributed by atoms with E-state index in [4.69, 9.17) is 4.74 Å². The Labute approximate surface area is 162 Å². The van der Waals surface area contributed by atoms with Crippen molar-refractivity contribution in [1.82, 2.24) is 20.5 Å². The molecule has 27 heavy (non-hydrogen) atoms. The number of hydrogen-bond acceptors (Lipinski definition) is 5. The first-order valence-corrected chi connectivity index (χ1v) is 9.33. The van der Waals surface area contributed by atoms with Crippen molar-refractivity contribution in [1.29, 1.82) is 0 Å². The van der Waals surface area contributed by atoms with Crippen molar-refractivity contribution in [3.63, 3.8) is 0 Å². The van der Waals surface area contributed by atoms with Crippen molar-refractivity contribution in [3.05, 3.63) is 23.9 Å². The molecule has 1 aliphatic heterocycles. The lowest BCUT2D eigenvalue weighted by Crippen LogP contribution is -2.63. The average molecular weight is 377 g/mol. The first kappa shape index (κ1) is 20.8. The molecule has 150 valence electrons. The van der Waals surface area contributed by atoms with Crippen LogP contribution >= 0.6 is 0 Å². The fourth-order valence-electron chi connectivity index (χ4n) is 2.53. The number of ether oxygens (including phenoxy) is 1. The molecule has 8 nitrogen and oxygen atoms in total. The molecule has 1 aromatic heterocycles. The van der Waals surface area contributed by atoms with Gasteiger partial charge in [-0.1, -0.05) is 0 Å². The van der Waals surface area contributed by atoms with Gasteiger partial charge in [-0.2, -0.15) is 0 Å². The number of aromatic nitrogens is 1. The molecule has 0 unspecified atom stereocenters. The quantitative estimate of drug-likeness (QED) is 0.603. The number of hydrogen-bond donors (Lipinski definition) is 2. The van der Waals surface area contributed by atoms with E-state index in [9.17, 15) is 4.79 Å². The summed E-state index contributed by atoms with van der Waals surface area (Å²) in [7, 11) is 3.93. The number of likely N-dealkylation sites (tertiary alicyclic amines) is 1. The van der Waals surface area contributed by atoms with E-state index in [0.29, 0.717) is 19.6 Å². The molecule has 1 amide bonds. The Hall–Kier alpha value is -2.51. The number of aliphatic imine (C=N–C) groups is 1. The fraction of sp³-hybridized carbons (Fsp3) is 0.632. The molecule has 0 spiro atoms. The predicted molar refractivity (Wildman–Crippen MR) is 108 cm³/mol. The summed E-state index contributed by atoms with van der Waals surface area (Å²) in [6.45, 7) is 10.2. The van der Waals surface area contributed by atoms with Gasteiger partial charge < -0.3 is 25.2 Å². The van der Waals surface area contributed by atoms with Crippen molar-refractivity contribution < 1.29 is 9.53 Å². The van der Waals surface area contributed by atoms with Crippen LogP contribution in [0.4, 0.5) is 10.6 Å². The molecule has 0 aromatic carbocycles. The number of pyridine rings is 1. The predicted octanol–water partition coefficient (Wildman–Crippen LogP) is 1.82. The second-order valence-electron chi connectivity index (χ2n) is 7.84. The van der Waals surface area contributed by atoms with Gasteiger partial charge in [0.25, 0.3) is 0 Å². The fourth-order valence-corrected chi connectivity index (χ4v) is 2.53. The zero-order valence-corrected chi connectivity index (χ0v) is 17.2. The molecular weight excluding hydrogens is 344 g/mol. The van der Waals surface area contributed by atoms with E-state index in [1.165, 1.54) is 0 Å². The molecule has 8 heteroatoms. The Kier molecular flexibility index (Phi) is 6.87. The summed E-state index contributed by atoms with van der Waals surface area (Å²) in [6, 6.07) is 4.17. The van der Waals surface area contributed by atoms with Crippen molar-refractivity contribution >= 4 is 17.9 Å². The number of amides is 1. The highest BCUT2D eigenvalue weighted by Crippen LogP contribution is 2.15. The normalized spacial score (nSPS) is 15.2. The maximum Gasteiger partial charge on any atom is 0.410 e. The SMILES string of the molecule is CCNC(=NCc1ccnc(N(C)C)c1)NC1CN(C(=O)OC(C)(C)C)C1. The molecule has 0 atom stereocenters. The number of nitrogens with one attached hydrogen (secondary N) is 2. The molecule has 1 aliphatic rings. The lowest BCUT2D eigenvalue weighted by molar-refractivity contribution is 0.00701. The Morgan fingerprint density at radius 3 is 2.70 bits per heavy atom. The van der Waals surface area contributed by atoms with Gasteiger partial charge in [0, 0.05) is 39.9 Å². The summed E-state index contributed by atoms with van der Waals surface area (Å²) >= 11 is 0. The van der Waals surface area contributed by atoms with Gasteiger partial charge >= 0.3 is 6.09 Å². The van der Waals surface area contributed by atoms with E-state index in [1.54, 1.807) is 11.1 Å². The van der Waals surface area contributed by atoms with Crippen LogP contribution in [0.25, 0.3) is 0 Å². The Balaban J connectivity index is 1.88. The molecule has 2 heterocycles. The van der Waals surface area contributed by atoms with Gasteiger partial charge in [0.15, 0.2) is 5.96 Å². The van der Waals surface area contributed by atoms with E-state index in [1.807, 2.05) is 58.8 Å². The summed E-state index contributed by atoms with van der Waals surface area (Å²) in [4.78, 5) is 24.6. The second-order valence-corrected chi connectivity index (χ2v) is 7.84. The van der Waals surface area contributed by atoms with Crippen molar-refractivity contribution in [2.45, 2.75) is 45.9 Å². The Morgan fingerprint density at radius 1 is 1.41 bits per heavy atom. The molecule has 2 N–H and O–H groups in total. The highest BCUT2D eigenvalue weighted by molar-refractivity contribution is 5.80. The van der Waals surface area contributed by atoms with Crippen LogP contribution in [0.2, 0.25) is 0 Å². The number of rotatable bonds is 5. The average Bonchev–Trinajstić information content (AvgIpc) is 2.53. The number of anilines is 1. The first-order chi connectivity index (χ1) is 12.7. The highest BCUT2D eigenvalue weighted by atomic mass is 16.6. The van der Waals surface area contributed by atoms with Crippen molar-refractivity contribution in [3.8, 4) is 0 Å². The molecule has 2 rings (SSSR count). The van der Waals surface area contributed by atoms with Crippen LogP contribution in [0.5, 0.6) is 0 Å². The van der Waals surface area contributed by atoms with Crippen LogP contribution in [0.15, 0.2) is 23.3 Å². The third kappa shape index (κ3) is 6.62. The van der Waals surface area contributed by atoms with Crippen LogP contribution in [0.3, 0.4) is 0 Å². The molecular formula is C19H32N6O2. The summed E-state index contributed by atoms with van der Waals surface area (Å²) in [6.07, 6.45) is 1.53. The van der Waals surface area contributed by atoms with Crippen LogP contribution in [-0.2, 0) is 11.3 Å². The number of carbonyl (C=O) groups is 1. The van der Waals surface area contributed by atoms with E-state index in [0.717, 1.165) is 23.9 Å². The van der Waals surface area contributed by atoms with Crippen LogP contribution in [-0.4, -0.2) is 67.3 Å². The summed E-state index contributed by atoms with van der Waals surface area (Å²) < 4.78 is 5.38. The van der Waals surface area contributed by atoms with Gasteiger partial charge in [-0.25, -0.2) is 14.8 Å². The molecule has 1 saturated heterocycles. The highest BCUT2D eigenvalue weighted by Gasteiger charge is 2.34. The minimum atomic E-state index is -0.470. The number of guanidine groups is 1. The number of nitrogens with zero attached hydrogens (tertiary/aromatic N) is 4. The zero-order valence-electron chi connectivity index (χ0n) is 17.2. The Morgan fingerprint density at radius 2 is 2.11 bits per heavy atom. The minimum Gasteiger partial charge on any atom is -0.444 e. The lowest BCUT2D eigenvalue weighted by Gasteiger charge is -2.40. The first-order valence-electron chi connectivity index (χ1n) is 9.33. The molecule has 0 saturated carbocycles. The molecule has 0 radical (unpaired) electrons. The van der Waals surface area contributed by atoms with Crippen molar-refractivity contribution in [2.24, 2.45) is 4.99 Å². The lowest BCUT2D eigenvalue weighted by atomic mass is 10.1. The molecule has 1 fully saturated rings. The smallest absolute Gasteiger partial charge is 0.410 e. The van der Waals surface area contributed by atoms with Crippen LogP contribution < -0.4 is 15.5 Å². The summed E-state index contributed by atoms with van der Waals surface area (Å²) in [5.41, 5.74) is 0.622. The van der Waals surface area contributed by atoms with Gasteiger partial charge in [-0.05, 0) is 45.4 Å². The largest absolute Gasteiger partial charge is 0.444 e. The summed E-state index contributed by atoms with van der Waals surface area (Å²) in [5, 5.41) is 6.62. The third-order valence-corrected chi connectivity index (χ3v) is 3.91. The van der Waals surface area contributed by atoms with Gasteiger partial charge in [0.05, 0.1) is 12.6 Å². The van der Waals surface area contributed by atoms with E-state index in [-0.39, 0.29) is 12.1 Å².